The van der Waals surface area contributed by atoms with Crippen molar-refractivity contribution in [3.63, 3.8) is 0 Å². The maximum Gasteiger partial charge on any atom is 0.250 e. The minimum atomic E-state index is -0.412. The summed E-state index contributed by atoms with van der Waals surface area (Å²) in [6, 6.07) is 7.84. The molecular formula is C23H30ClN2O2S+. The molecule has 0 radical (unpaired) electrons. The number of carbonyl (C=O) groups is 2. The number of quaternary nitrogens is 1. The van der Waals surface area contributed by atoms with Crippen LogP contribution in [0.1, 0.15) is 52.0 Å². The summed E-state index contributed by atoms with van der Waals surface area (Å²) < 4.78 is 0.960. The fourth-order valence-corrected chi connectivity index (χ4v) is 5.95. The van der Waals surface area contributed by atoms with Crippen LogP contribution in [0.2, 0.25) is 5.02 Å². The van der Waals surface area contributed by atoms with E-state index in [1.165, 1.54) is 4.88 Å². The van der Waals surface area contributed by atoms with Crippen LogP contribution in [-0.2, 0) is 30.6 Å². The van der Waals surface area contributed by atoms with Gasteiger partial charge < -0.3 is 10.2 Å². The molecule has 2 N–H and O–H groups in total. The summed E-state index contributed by atoms with van der Waals surface area (Å²) in [5.74, 6) is 0.253. The molecule has 6 heteroatoms. The van der Waals surface area contributed by atoms with Crippen molar-refractivity contribution in [2.24, 2.45) is 11.7 Å². The zero-order valence-corrected chi connectivity index (χ0v) is 19.2. The lowest BCUT2D eigenvalue weighted by molar-refractivity contribution is -0.949. The number of primary amides is 1. The van der Waals surface area contributed by atoms with E-state index in [1.54, 1.807) is 23.5 Å². The first kappa shape index (κ1) is 22.0. The third-order valence-corrected chi connectivity index (χ3v) is 7.88. The summed E-state index contributed by atoms with van der Waals surface area (Å²) in [7, 11) is 2.29. The molecule has 3 rings (SSSR count). The number of hydrogen-bond donors (Lipinski definition) is 1. The van der Waals surface area contributed by atoms with Gasteiger partial charge in [0.25, 0.3) is 0 Å². The first-order valence-electron chi connectivity index (χ1n) is 10.1. The van der Waals surface area contributed by atoms with Gasteiger partial charge in [0.05, 0.1) is 30.1 Å². The molecule has 0 fully saturated rings. The van der Waals surface area contributed by atoms with E-state index >= 15 is 0 Å². The Balaban J connectivity index is 1.83. The summed E-state index contributed by atoms with van der Waals surface area (Å²) in [4.78, 5) is 27.0. The lowest BCUT2D eigenvalue weighted by atomic mass is 9.94. The highest BCUT2D eigenvalue weighted by molar-refractivity contribution is 7.12. The number of fused-ring (bicyclic) bond motifs is 1. The van der Waals surface area contributed by atoms with Crippen molar-refractivity contribution in [1.82, 2.24) is 0 Å². The molecule has 0 spiro atoms. The molecule has 2 unspecified atom stereocenters. The molecule has 2 atom stereocenters. The summed E-state index contributed by atoms with van der Waals surface area (Å²) in [5, 5.41) is 0.653. The van der Waals surface area contributed by atoms with Gasteiger partial charge in [-0.25, -0.2) is 0 Å². The van der Waals surface area contributed by atoms with Gasteiger partial charge in [0, 0.05) is 35.1 Å². The minimum absolute atomic E-state index is 0.0845. The molecule has 0 bridgehead atoms. The number of nitrogens with two attached hydrogens (primary N) is 1. The fourth-order valence-electron chi connectivity index (χ4n) is 4.29. The maximum atomic E-state index is 12.7. The molecule has 2 aromatic rings. The van der Waals surface area contributed by atoms with Gasteiger partial charge in [-0.3, -0.25) is 9.59 Å². The van der Waals surface area contributed by atoms with E-state index in [2.05, 4.69) is 27.8 Å². The Kier molecular flexibility index (Phi) is 6.51. The smallest absolute Gasteiger partial charge is 0.250 e. The highest BCUT2D eigenvalue weighted by Crippen LogP contribution is 2.37. The van der Waals surface area contributed by atoms with E-state index in [0.29, 0.717) is 29.0 Å². The molecule has 29 heavy (non-hydrogen) atoms. The highest BCUT2D eigenvalue weighted by Gasteiger charge is 2.38. The molecule has 4 nitrogen and oxygen atoms in total. The predicted octanol–water partition coefficient (Wildman–Crippen LogP) is 4.40. The van der Waals surface area contributed by atoms with Crippen molar-refractivity contribution >= 4 is 34.6 Å². The fraction of sp³-hybridized carbons (Fsp3) is 0.478. The number of halogens is 1. The average molecular weight is 434 g/mol. The SMILES string of the molecule is CC(C)C(C)[N+]1(C)CCc2c(sc(CC(=O)Cc3ccc(Cl)cc3)c2C(N)=O)C1. The standard InChI is InChI=1S/C23H29ClN2O2S/c1-14(2)15(3)26(4)10-9-19-21(13-26)29-20(22(19)23(25)28)12-18(27)11-16-5-7-17(24)8-6-16/h5-8,14-15H,9-13H2,1-4H3,(H-,25,28)/p+1. The lowest BCUT2D eigenvalue weighted by Gasteiger charge is -2.44. The second-order valence-electron chi connectivity index (χ2n) is 8.78. The molecule has 0 saturated heterocycles. The van der Waals surface area contributed by atoms with Crippen molar-refractivity contribution in [3.8, 4) is 0 Å². The number of hydrogen-bond acceptors (Lipinski definition) is 3. The quantitative estimate of drug-likeness (QED) is 0.657. The normalized spacial score (nSPS) is 19.8. The molecule has 1 aliphatic rings. The van der Waals surface area contributed by atoms with E-state index in [0.717, 1.165) is 40.0 Å². The maximum absolute atomic E-state index is 12.7. The van der Waals surface area contributed by atoms with Crippen molar-refractivity contribution in [2.45, 2.75) is 52.6 Å². The van der Waals surface area contributed by atoms with Crippen molar-refractivity contribution < 1.29 is 14.1 Å². The first-order chi connectivity index (χ1) is 13.6. The third-order valence-electron chi connectivity index (χ3n) is 6.41. The monoisotopic (exact) mass is 433 g/mol. The summed E-state index contributed by atoms with van der Waals surface area (Å²) in [6.07, 6.45) is 1.42. The second kappa shape index (κ2) is 8.58. The van der Waals surface area contributed by atoms with Gasteiger partial charge in [0.15, 0.2) is 0 Å². The van der Waals surface area contributed by atoms with Crippen molar-refractivity contribution in [1.29, 1.82) is 0 Å². The Hall–Kier alpha value is -1.69. The number of rotatable bonds is 7. The zero-order valence-electron chi connectivity index (χ0n) is 17.6. The molecule has 1 aromatic heterocycles. The molecule has 0 saturated carbocycles. The molecular weight excluding hydrogens is 404 g/mol. The van der Waals surface area contributed by atoms with Gasteiger partial charge in [-0.05, 0) is 30.2 Å². The summed E-state index contributed by atoms with van der Waals surface area (Å²) >= 11 is 7.52. The second-order valence-corrected chi connectivity index (χ2v) is 10.4. The Morgan fingerprint density at radius 2 is 1.83 bits per heavy atom. The number of likely N-dealkylation sites (N-methyl/N-ethyl adjacent to an activating group) is 1. The average Bonchev–Trinajstić information content (AvgIpc) is 2.99. The van der Waals surface area contributed by atoms with Crippen LogP contribution in [0.5, 0.6) is 0 Å². The number of benzene rings is 1. The summed E-state index contributed by atoms with van der Waals surface area (Å²) in [6.45, 7) is 8.70. The van der Waals surface area contributed by atoms with E-state index in [4.69, 9.17) is 17.3 Å². The Morgan fingerprint density at radius 3 is 2.41 bits per heavy atom. The minimum Gasteiger partial charge on any atom is -0.366 e. The highest BCUT2D eigenvalue weighted by atomic mass is 35.5. The topological polar surface area (TPSA) is 60.2 Å². The van der Waals surface area contributed by atoms with Crippen LogP contribution in [-0.4, -0.2) is 35.8 Å². The van der Waals surface area contributed by atoms with Crippen molar-refractivity contribution in [2.75, 3.05) is 13.6 Å². The van der Waals surface area contributed by atoms with Crippen LogP contribution in [0.3, 0.4) is 0 Å². The van der Waals surface area contributed by atoms with Crippen molar-refractivity contribution in [3.05, 3.63) is 55.7 Å². The largest absolute Gasteiger partial charge is 0.366 e. The zero-order chi connectivity index (χ0) is 21.3. The molecule has 2 heterocycles. The number of thiophene rings is 1. The van der Waals surface area contributed by atoms with E-state index < -0.39 is 5.91 Å². The number of nitrogens with zero attached hydrogens (tertiary/aromatic N) is 1. The Labute approximate surface area is 182 Å². The first-order valence-corrected chi connectivity index (χ1v) is 11.3. The van der Waals surface area contributed by atoms with Crippen LogP contribution >= 0.6 is 22.9 Å². The van der Waals surface area contributed by atoms with Gasteiger partial charge in [0.1, 0.15) is 12.3 Å². The van der Waals surface area contributed by atoms with Crippen LogP contribution in [0.4, 0.5) is 0 Å². The molecule has 156 valence electrons. The van der Waals surface area contributed by atoms with E-state index in [9.17, 15) is 9.59 Å². The molecule has 1 aromatic carbocycles. The van der Waals surface area contributed by atoms with Gasteiger partial charge in [-0.2, -0.15) is 0 Å². The Bertz CT molecular complexity index is 920. The Morgan fingerprint density at radius 1 is 1.17 bits per heavy atom. The van der Waals surface area contributed by atoms with Gasteiger partial charge in [0.2, 0.25) is 5.91 Å². The molecule has 1 amide bonds. The van der Waals surface area contributed by atoms with Gasteiger partial charge in [-0.1, -0.05) is 37.6 Å². The third kappa shape index (κ3) is 4.73. The number of ketones is 1. The lowest BCUT2D eigenvalue weighted by Crippen LogP contribution is -2.55. The van der Waals surface area contributed by atoms with Crippen LogP contribution in [0.15, 0.2) is 24.3 Å². The molecule has 0 aliphatic carbocycles. The van der Waals surface area contributed by atoms with E-state index in [-0.39, 0.29) is 12.2 Å². The number of amides is 1. The number of Topliss-reactive ketones (excluding diaryl/α,β-unsaturated/α-hetero) is 1. The summed E-state index contributed by atoms with van der Waals surface area (Å²) in [5.41, 5.74) is 8.34. The predicted molar refractivity (Wildman–Crippen MR) is 119 cm³/mol. The molecule has 1 aliphatic heterocycles. The van der Waals surface area contributed by atoms with Crippen LogP contribution in [0, 0.1) is 5.92 Å². The van der Waals surface area contributed by atoms with E-state index in [1.807, 2.05) is 12.1 Å². The van der Waals surface area contributed by atoms with Crippen LogP contribution < -0.4 is 5.73 Å². The van der Waals surface area contributed by atoms with Gasteiger partial charge in [-0.15, -0.1) is 11.3 Å². The van der Waals surface area contributed by atoms with Gasteiger partial charge >= 0.3 is 0 Å². The number of carbonyl (C=O) groups excluding carboxylic acids is 2. The van der Waals surface area contributed by atoms with Crippen LogP contribution in [0.25, 0.3) is 0 Å².